The van der Waals surface area contributed by atoms with Crippen molar-refractivity contribution in [2.75, 3.05) is 6.54 Å². The van der Waals surface area contributed by atoms with Gasteiger partial charge >= 0.3 is 5.97 Å². The number of pyridine rings is 1. The summed E-state index contributed by atoms with van der Waals surface area (Å²) < 4.78 is 0. The summed E-state index contributed by atoms with van der Waals surface area (Å²) in [6, 6.07) is 4.94. The van der Waals surface area contributed by atoms with Crippen LogP contribution < -0.4 is 16.1 Å². The number of benzene rings is 1. The Morgan fingerprint density at radius 2 is 1.90 bits per heavy atom. The zero-order valence-electron chi connectivity index (χ0n) is 24.5. The molecule has 4 N–H and O–H groups in total. The van der Waals surface area contributed by atoms with Crippen molar-refractivity contribution in [3.05, 3.63) is 46.6 Å². The van der Waals surface area contributed by atoms with Crippen LogP contribution in [-0.2, 0) is 25.6 Å². The van der Waals surface area contributed by atoms with Gasteiger partial charge in [-0.25, -0.2) is 5.43 Å². The maximum atomic E-state index is 13.3. The van der Waals surface area contributed by atoms with Crippen molar-refractivity contribution < 1.29 is 24.3 Å². The van der Waals surface area contributed by atoms with Crippen molar-refractivity contribution in [3.8, 4) is 0 Å². The normalized spacial score (nSPS) is 17.5. The third-order valence-electron chi connectivity index (χ3n) is 7.19. The van der Waals surface area contributed by atoms with E-state index in [4.69, 9.17) is 11.6 Å². The average molecular weight is 586 g/mol. The second kappa shape index (κ2) is 13.4. The van der Waals surface area contributed by atoms with E-state index in [9.17, 15) is 24.3 Å². The molecule has 1 aliphatic heterocycles. The summed E-state index contributed by atoms with van der Waals surface area (Å²) >= 11 is 6.40. The summed E-state index contributed by atoms with van der Waals surface area (Å²) in [4.78, 5) is 55.3. The largest absolute Gasteiger partial charge is 0.480 e. The third-order valence-corrected chi connectivity index (χ3v) is 7.50. The Kier molecular flexibility index (Phi) is 10.5. The van der Waals surface area contributed by atoms with Crippen LogP contribution in [0.1, 0.15) is 65.6 Å². The molecule has 3 rings (SSSR count). The SMILES string of the molecule is CCc1cc(Cl)c2ccc(/C=C/C(C)(C)C(=O)NC(C(=O)NC(C)C(=O)N3CCCC(C(=O)O)N3)C(C)C)cc2n1. The number of halogens is 1. The number of carbonyl (C=O) groups excluding carboxylic acids is 3. The highest BCUT2D eigenvalue weighted by Gasteiger charge is 2.34. The quantitative estimate of drug-likeness (QED) is 0.333. The number of hydrogen-bond donors (Lipinski definition) is 4. The van der Waals surface area contributed by atoms with E-state index in [0.717, 1.165) is 28.6 Å². The summed E-state index contributed by atoms with van der Waals surface area (Å²) in [6.07, 6.45) is 5.33. The number of amides is 3. The van der Waals surface area contributed by atoms with Gasteiger partial charge in [-0.2, -0.15) is 0 Å². The number of carboxylic acid groups (broad SMARTS) is 1. The van der Waals surface area contributed by atoms with Crippen molar-refractivity contribution in [3.63, 3.8) is 0 Å². The Bertz CT molecular complexity index is 1340. The first-order valence-electron chi connectivity index (χ1n) is 13.9. The molecule has 41 heavy (non-hydrogen) atoms. The highest BCUT2D eigenvalue weighted by Crippen LogP contribution is 2.26. The van der Waals surface area contributed by atoms with Gasteiger partial charge in [-0.1, -0.05) is 56.7 Å². The van der Waals surface area contributed by atoms with E-state index >= 15 is 0 Å². The molecule has 0 saturated carbocycles. The van der Waals surface area contributed by atoms with Gasteiger partial charge in [-0.05, 0) is 63.6 Å². The number of aliphatic carboxylic acids is 1. The minimum Gasteiger partial charge on any atom is -0.480 e. The van der Waals surface area contributed by atoms with Gasteiger partial charge < -0.3 is 15.7 Å². The molecule has 11 heteroatoms. The number of aryl methyl sites for hydroxylation is 1. The molecular weight excluding hydrogens is 546 g/mol. The fraction of sp³-hybridized carbons (Fsp3) is 0.500. The smallest absolute Gasteiger partial charge is 0.322 e. The molecule has 3 unspecified atom stereocenters. The standard InChI is InChI=1S/C30H40ClN5O5/c1-7-20-16-22(31)21-11-10-19(15-24(21)33-20)12-13-30(5,6)29(41)34-25(17(2)3)26(37)32-18(4)27(38)36-14-8-9-23(35-36)28(39)40/h10-13,15-18,23,25,35H,7-9,14H2,1-6H3,(H,32,37)(H,34,41)(H,39,40)/b13-12+. The summed E-state index contributed by atoms with van der Waals surface area (Å²) in [5, 5.41) is 17.5. The van der Waals surface area contributed by atoms with Gasteiger partial charge in [0.15, 0.2) is 0 Å². The minimum absolute atomic E-state index is 0.255. The van der Waals surface area contributed by atoms with E-state index in [-0.39, 0.29) is 11.8 Å². The molecule has 3 atom stereocenters. The van der Waals surface area contributed by atoms with E-state index in [1.54, 1.807) is 33.8 Å². The van der Waals surface area contributed by atoms with Gasteiger partial charge in [0, 0.05) is 17.6 Å². The van der Waals surface area contributed by atoms with Crippen LogP contribution >= 0.6 is 11.6 Å². The Labute approximate surface area is 245 Å². The molecule has 222 valence electrons. The van der Waals surface area contributed by atoms with Gasteiger partial charge in [0.1, 0.15) is 18.1 Å². The first-order chi connectivity index (χ1) is 19.2. The second-order valence-electron chi connectivity index (χ2n) is 11.4. The zero-order valence-corrected chi connectivity index (χ0v) is 25.2. The number of carboxylic acids is 1. The molecule has 3 amide bonds. The topological polar surface area (TPSA) is 141 Å². The first-order valence-corrected chi connectivity index (χ1v) is 14.3. The molecule has 1 aliphatic rings. The Morgan fingerprint density at radius 3 is 2.54 bits per heavy atom. The number of hydrazine groups is 1. The highest BCUT2D eigenvalue weighted by atomic mass is 35.5. The average Bonchev–Trinajstić information content (AvgIpc) is 2.93. The van der Waals surface area contributed by atoms with Crippen LogP contribution in [0.25, 0.3) is 17.0 Å². The molecule has 1 fully saturated rings. The molecule has 0 radical (unpaired) electrons. The van der Waals surface area contributed by atoms with Crippen LogP contribution in [0.2, 0.25) is 5.02 Å². The number of hydrogen-bond acceptors (Lipinski definition) is 6. The predicted molar refractivity (Wildman–Crippen MR) is 159 cm³/mol. The second-order valence-corrected chi connectivity index (χ2v) is 11.8. The van der Waals surface area contributed by atoms with Crippen molar-refractivity contribution in [2.45, 2.75) is 78.9 Å². The van der Waals surface area contributed by atoms with E-state index in [0.29, 0.717) is 24.4 Å². The number of aromatic nitrogens is 1. The molecule has 10 nitrogen and oxygen atoms in total. The number of nitrogens with zero attached hydrogens (tertiary/aromatic N) is 2. The number of carbonyl (C=O) groups is 4. The maximum absolute atomic E-state index is 13.3. The molecule has 2 aromatic rings. The van der Waals surface area contributed by atoms with Crippen LogP contribution in [0.3, 0.4) is 0 Å². The summed E-state index contributed by atoms with van der Waals surface area (Å²) in [6.45, 7) is 11.0. The molecule has 1 saturated heterocycles. The molecule has 0 bridgehead atoms. The molecular formula is C30H40ClN5O5. The fourth-order valence-electron chi connectivity index (χ4n) is 4.50. The zero-order chi connectivity index (χ0) is 30.5. The fourth-order valence-corrected chi connectivity index (χ4v) is 4.79. The lowest BCUT2D eigenvalue weighted by Crippen LogP contribution is -2.61. The van der Waals surface area contributed by atoms with Crippen molar-refractivity contribution in [2.24, 2.45) is 11.3 Å². The van der Waals surface area contributed by atoms with E-state index in [1.165, 1.54) is 11.9 Å². The Morgan fingerprint density at radius 1 is 1.20 bits per heavy atom. The lowest BCUT2D eigenvalue weighted by Gasteiger charge is -2.34. The highest BCUT2D eigenvalue weighted by molar-refractivity contribution is 6.35. The summed E-state index contributed by atoms with van der Waals surface area (Å²) in [5.74, 6) is -2.58. The Balaban J connectivity index is 1.67. The van der Waals surface area contributed by atoms with Crippen LogP contribution in [0.5, 0.6) is 0 Å². The first kappa shape index (κ1) is 32.0. The monoisotopic (exact) mass is 585 g/mol. The van der Waals surface area contributed by atoms with Gasteiger partial charge in [-0.3, -0.25) is 29.2 Å². The lowest BCUT2D eigenvalue weighted by atomic mass is 9.89. The Hall–Kier alpha value is -3.50. The summed E-state index contributed by atoms with van der Waals surface area (Å²) in [7, 11) is 0. The van der Waals surface area contributed by atoms with Crippen LogP contribution in [0.4, 0.5) is 0 Å². The number of fused-ring (bicyclic) bond motifs is 1. The lowest BCUT2D eigenvalue weighted by molar-refractivity contribution is -0.148. The third kappa shape index (κ3) is 8.04. The molecule has 0 spiro atoms. The minimum atomic E-state index is -1.04. The van der Waals surface area contributed by atoms with Crippen LogP contribution in [0.15, 0.2) is 30.3 Å². The maximum Gasteiger partial charge on any atom is 0.322 e. The number of rotatable bonds is 10. The van der Waals surface area contributed by atoms with Crippen molar-refractivity contribution in [1.82, 2.24) is 26.1 Å². The van der Waals surface area contributed by atoms with Crippen LogP contribution in [-0.4, -0.2) is 63.5 Å². The van der Waals surface area contributed by atoms with Gasteiger partial charge in [-0.15, -0.1) is 0 Å². The molecule has 1 aromatic heterocycles. The van der Waals surface area contributed by atoms with Gasteiger partial charge in [0.05, 0.1) is 16.0 Å². The van der Waals surface area contributed by atoms with E-state index in [1.807, 2.05) is 37.3 Å². The van der Waals surface area contributed by atoms with Gasteiger partial charge in [0.2, 0.25) is 11.8 Å². The van der Waals surface area contributed by atoms with E-state index in [2.05, 4.69) is 21.0 Å². The van der Waals surface area contributed by atoms with Gasteiger partial charge in [0.25, 0.3) is 5.91 Å². The number of nitrogens with one attached hydrogen (secondary N) is 3. The van der Waals surface area contributed by atoms with Crippen molar-refractivity contribution >= 4 is 52.3 Å². The molecule has 1 aromatic carbocycles. The van der Waals surface area contributed by atoms with Crippen molar-refractivity contribution in [1.29, 1.82) is 0 Å². The van der Waals surface area contributed by atoms with E-state index < -0.39 is 41.3 Å². The molecule has 2 heterocycles. The predicted octanol–water partition coefficient (Wildman–Crippen LogP) is 3.72. The van der Waals surface area contributed by atoms with Crippen LogP contribution in [0, 0.1) is 11.3 Å². The summed E-state index contributed by atoms with van der Waals surface area (Å²) in [5.41, 5.74) is 4.28. The molecule has 0 aliphatic carbocycles.